The fraction of sp³-hybridized carbons (Fsp3) is 0.714. The molecule has 1 aromatic rings. The topological polar surface area (TPSA) is 65.0 Å². The predicted molar refractivity (Wildman–Crippen MR) is 115 cm³/mol. The fourth-order valence-corrected chi connectivity index (χ4v) is 4.04. The lowest BCUT2D eigenvalue weighted by molar-refractivity contribution is 0.00867. The Labute approximate surface area is 173 Å². The maximum absolute atomic E-state index is 14.0. The van der Waals surface area contributed by atoms with E-state index >= 15 is 0 Å². The third-order valence-corrected chi connectivity index (χ3v) is 5.63. The number of hydrogen-bond donors (Lipinski definition) is 2. The van der Waals surface area contributed by atoms with E-state index in [1.165, 1.54) is 6.07 Å². The van der Waals surface area contributed by atoms with Gasteiger partial charge in [0.2, 0.25) is 0 Å². The number of aliphatic imine (C=N–C) groups is 1. The van der Waals surface area contributed by atoms with Gasteiger partial charge in [-0.15, -0.1) is 0 Å². The summed E-state index contributed by atoms with van der Waals surface area (Å²) in [6, 6.07) is 3.71. The minimum atomic E-state index is -0.265. The van der Waals surface area contributed by atoms with E-state index in [0.29, 0.717) is 17.8 Å². The molecule has 8 heteroatoms. The Morgan fingerprint density at radius 3 is 2.83 bits per heavy atom. The molecule has 2 aliphatic rings. The molecule has 0 saturated carbocycles. The molecule has 2 unspecified atom stereocenters. The zero-order valence-corrected chi connectivity index (χ0v) is 17.9. The van der Waals surface area contributed by atoms with Crippen LogP contribution in [-0.4, -0.2) is 80.4 Å². The van der Waals surface area contributed by atoms with Crippen molar-refractivity contribution in [2.24, 2.45) is 10.9 Å². The molecule has 2 atom stereocenters. The minimum Gasteiger partial charge on any atom is -0.379 e. The van der Waals surface area contributed by atoms with E-state index in [4.69, 9.17) is 9.73 Å². The molecule has 0 aromatic carbocycles. The Hall–Kier alpha value is -1.93. The van der Waals surface area contributed by atoms with Crippen molar-refractivity contribution in [2.45, 2.75) is 39.3 Å². The number of rotatable bonds is 7. The summed E-state index contributed by atoms with van der Waals surface area (Å²) in [4.78, 5) is 13.6. The van der Waals surface area contributed by atoms with Crippen molar-refractivity contribution < 1.29 is 9.13 Å². The standard InChI is InChI=1S/C21H35FN6O/c1-4-23-21(25-14-19(16(2)3)27-10-12-29-13-11-27)26-17-7-9-28(15-17)20-18(22)6-5-8-24-20/h5-6,8,16-17,19H,4,7,9-15H2,1-3H3,(H2,23,25,26). The number of ether oxygens (including phenoxy) is 1. The van der Waals surface area contributed by atoms with Crippen LogP contribution in [-0.2, 0) is 4.74 Å². The summed E-state index contributed by atoms with van der Waals surface area (Å²) in [7, 11) is 0. The number of pyridine rings is 1. The highest BCUT2D eigenvalue weighted by Gasteiger charge is 2.27. The van der Waals surface area contributed by atoms with E-state index in [-0.39, 0.29) is 11.9 Å². The van der Waals surface area contributed by atoms with Gasteiger partial charge in [-0.25, -0.2) is 9.37 Å². The molecule has 29 heavy (non-hydrogen) atoms. The molecule has 0 bridgehead atoms. The van der Waals surface area contributed by atoms with Gasteiger partial charge < -0.3 is 20.3 Å². The first-order valence-electron chi connectivity index (χ1n) is 10.8. The lowest BCUT2D eigenvalue weighted by atomic mass is 10.0. The Balaban J connectivity index is 1.59. The highest BCUT2D eigenvalue weighted by Crippen LogP contribution is 2.20. The Kier molecular flexibility index (Phi) is 8.06. The highest BCUT2D eigenvalue weighted by molar-refractivity contribution is 5.80. The van der Waals surface area contributed by atoms with Crippen LogP contribution in [0.1, 0.15) is 27.2 Å². The first-order valence-corrected chi connectivity index (χ1v) is 10.8. The van der Waals surface area contributed by atoms with Gasteiger partial charge in [-0.05, 0) is 31.4 Å². The molecule has 0 amide bonds. The molecule has 3 rings (SSSR count). The second-order valence-corrected chi connectivity index (χ2v) is 8.06. The third kappa shape index (κ3) is 6.02. The molecule has 0 spiro atoms. The van der Waals surface area contributed by atoms with Crippen molar-refractivity contribution >= 4 is 11.8 Å². The molecule has 2 fully saturated rings. The summed E-state index contributed by atoms with van der Waals surface area (Å²) < 4.78 is 19.5. The molecular formula is C21H35FN6O. The zero-order chi connectivity index (χ0) is 20.6. The van der Waals surface area contributed by atoms with Crippen LogP contribution in [0.25, 0.3) is 0 Å². The average molecular weight is 407 g/mol. The van der Waals surface area contributed by atoms with Crippen LogP contribution < -0.4 is 15.5 Å². The third-order valence-electron chi connectivity index (χ3n) is 5.63. The second-order valence-electron chi connectivity index (χ2n) is 8.06. The Morgan fingerprint density at radius 1 is 1.34 bits per heavy atom. The summed E-state index contributed by atoms with van der Waals surface area (Å²) >= 11 is 0. The molecule has 0 radical (unpaired) electrons. The van der Waals surface area contributed by atoms with Crippen LogP contribution in [0.2, 0.25) is 0 Å². The molecule has 1 aromatic heterocycles. The van der Waals surface area contributed by atoms with Crippen LogP contribution in [0.4, 0.5) is 10.2 Å². The summed E-state index contributed by atoms with van der Waals surface area (Å²) in [5.41, 5.74) is 0. The summed E-state index contributed by atoms with van der Waals surface area (Å²) in [5, 5.41) is 6.90. The molecule has 2 saturated heterocycles. The molecule has 7 nitrogen and oxygen atoms in total. The average Bonchev–Trinajstić information content (AvgIpc) is 3.17. The van der Waals surface area contributed by atoms with E-state index in [9.17, 15) is 4.39 Å². The number of aromatic nitrogens is 1. The van der Waals surface area contributed by atoms with E-state index in [2.05, 4.69) is 41.3 Å². The number of hydrogen-bond acceptors (Lipinski definition) is 5. The van der Waals surface area contributed by atoms with Crippen molar-refractivity contribution in [1.29, 1.82) is 0 Å². The van der Waals surface area contributed by atoms with Gasteiger partial charge in [0.15, 0.2) is 17.6 Å². The van der Waals surface area contributed by atoms with Gasteiger partial charge in [-0.1, -0.05) is 13.8 Å². The largest absolute Gasteiger partial charge is 0.379 e. The maximum Gasteiger partial charge on any atom is 0.191 e. The molecule has 162 valence electrons. The van der Waals surface area contributed by atoms with Crippen LogP contribution in [0.3, 0.4) is 0 Å². The highest BCUT2D eigenvalue weighted by atomic mass is 19.1. The minimum absolute atomic E-state index is 0.218. The zero-order valence-electron chi connectivity index (χ0n) is 17.9. The van der Waals surface area contributed by atoms with E-state index in [0.717, 1.165) is 64.9 Å². The van der Waals surface area contributed by atoms with Crippen molar-refractivity contribution in [2.75, 3.05) is 57.4 Å². The van der Waals surface area contributed by atoms with Crippen LogP contribution in [0.5, 0.6) is 0 Å². The Bertz CT molecular complexity index is 664. The molecule has 2 aliphatic heterocycles. The predicted octanol–water partition coefficient (Wildman–Crippen LogP) is 1.71. The molecule has 3 heterocycles. The monoisotopic (exact) mass is 406 g/mol. The number of halogens is 1. The lowest BCUT2D eigenvalue weighted by Gasteiger charge is -2.36. The number of nitrogens with zero attached hydrogens (tertiary/aromatic N) is 4. The molecule has 2 N–H and O–H groups in total. The van der Waals surface area contributed by atoms with Gasteiger partial charge >= 0.3 is 0 Å². The second kappa shape index (κ2) is 10.7. The van der Waals surface area contributed by atoms with E-state index in [1.807, 2.05) is 4.90 Å². The maximum atomic E-state index is 14.0. The van der Waals surface area contributed by atoms with Crippen molar-refractivity contribution in [3.8, 4) is 0 Å². The van der Waals surface area contributed by atoms with Crippen LogP contribution in [0, 0.1) is 11.7 Å². The smallest absolute Gasteiger partial charge is 0.191 e. The van der Waals surface area contributed by atoms with Gasteiger partial charge in [0.25, 0.3) is 0 Å². The quantitative estimate of drug-likeness (QED) is 0.531. The van der Waals surface area contributed by atoms with Crippen LogP contribution in [0.15, 0.2) is 23.3 Å². The normalized spacial score (nSPS) is 22.2. The molecule has 0 aliphatic carbocycles. The van der Waals surface area contributed by atoms with Crippen molar-refractivity contribution in [3.05, 3.63) is 24.1 Å². The fourth-order valence-electron chi connectivity index (χ4n) is 4.04. The van der Waals surface area contributed by atoms with Gasteiger partial charge in [0.1, 0.15) is 0 Å². The summed E-state index contributed by atoms with van der Waals surface area (Å²) in [6.07, 6.45) is 2.57. The van der Waals surface area contributed by atoms with Crippen molar-refractivity contribution in [3.63, 3.8) is 0 Å². The SMILES string of the molecule is CCNC(=NCC(C(C)C)N1CCOCC1)NC1CCN(c2ncccc2F)C1. The van der Waals surface area contributed by atoms with Gasteiger partial charge in [-0.2, -0.15) is 0 Å². The van der Waals surface area contributed by atoms with E-state index < -0.39 is 0 Å². The van der Waals surface area contributed by atoms with Gasteiger partial charge in [0, 0.05) is 51.0 Å². The number of anilines is 1. The summed E-state index contributed by atoms with van der Waals surface area (Å²) in [6.45, 7) is 13.2. The van der Waals surface area contributed by atoms with Gasteiger partial charge in [-0.3, -0.25) is 9.89 Å². The van der Waals surface area contributed by atoms with Gasteiger partial charge in [0.05, 0.1) is 19.8 Å². The van der Waals surface area contributed by atoms with E-state index in [1.54, 1.807) is 12.3 Å². The van der Waals surface area contributed by atoms with Crippen LogP contribution >= 0.6 is 0 Å². The van der Waals surface area contributed by atoms with Crippen molar-refractivity contribution in [1.82, 2.24) is 20.5 Å². The first kappa shape index (κ1) is 21.8. The lowest BCUT2D eigenvalue weighted by Crippen LogP contribution is -2.49. The first-order chi connectivity index (χ1) is 14.1. The number of morpholine rings is 1. The number of nitrogens with one attached hydrogen (secondary N) is 2. The summed E-state index contributed by atoms with van der Waals surface area (Å²) in [5.74, 6) is 1.53. The number of guanidine groups is 1. The molecular weight excluding hydrogens is 371 g/mol. The Morgan fingerprint density at radius 2 is 2.14 bits per heavy atom.